The molecule has 1 fully saturated rings. The molecule has 8 heteroatoms. The highest BCUT2D eigenvalue weighted by Gasteiger charge is 2.54. The third kappa shape index (κ3) is 3.48. The number of carbonyl (C=O) groups excluding carboxylic acids is 2. The zero-order chi connectivity index (χ0) is 24.2. The van der Waals surface area contributed by atoms with E-state index in [-0.39, 0.29) is 45.8 Å². The Balaban J connectivity index is 1.61. The summed E-state index contributed by atoms with van der Waals surface area (Å²) in [6.45, 7) is 4.12. The third-order valence-corrected chi connectivity index (χ3v) is 7.39. The number of hydrogen-bond acceptors (Lipinski definition) is 8. The molecule has 1 saturated heterocycles. The van der Waals surface area contributed by atoms with E-state index in [1.54, 1.807) is 12.1 Å². The van der Waals surface area contributed by atoms with Gasteiger partial charge in [0, 0.05) is 41.7 Å². The molecule has 34 heavy (non-hydrogen) atoms. The van der Waals surface area contributed by atoms with Gasteiger partial charge in [0.1, 0.15) is 5.75 Å². The minimum atomic E-state index is -1.27. The van der Waals surface area contributed by atoms with E-state index in [0.717, 1.165) is 6.54 Å². The number of aliphatic hydroxyl groups is 1. The molecule has 0 saturated carbocycles. The van der Waals surface area contributed by atoms with Gasteiger partial charge in [-0.25, -0.2) is 0 Å². The van der Waals surface area contributed by atoms with E-state index in [2.05, 4.69) is 5.32 Å². The highest BCUT2D eigenvalue weighted by atomic mass is 16.7. The zero-order valence-electron chi connectivity index (χ0n) is 19.9. The van der Waals surface area contributed by atoms with E-state index < -0.39 is 17.7 Å². The van der Waals surface area contributed by atoms with Gasteiger partial charge in [-0.1, -0.05) is 19.1 Å². The second-order valence-corrected chi connectivity index (χ2v) is 9.81. The summed E-state index contributed by atoms with van der Waals surface area (Å²) in [4.78, 5) is 29.6. The first kappa shape index (κ1) is 23.4. The van der Waals surface area contributed by atoms with Crippen molar-refractivity contribution >= 4 is 11.6 Å². The second kappa shape index (κ2) is 8.70. The summed E-state index contributed by atoms with van der Waals surface area (Å²) in [6, 6.07) is 1.36. The predicted octanol–water partition coefficient (Wildman–Crippen LogP) is 1.91. The third-order valence-electron chi connectivity index (χ3n) is 7.39. The highest BCUT2D eigenvalue weighted by Crippen LogP contribution is 2.49. The number of likely N-dealkylation sites (N-methyl/N-ethyl adjacent to an activating group) is 1. The van der Waals surface area contributed by atoms with Crippen LogP contribution in [0, 0.1) is 5.92 Å². The number of phenols is 1. The maximum atomic E-state index is 13.9. The van der Waals surface area contributed by atoms with Crippen LogP contribution in [0.3, 0.4) is 0 Å². The van der Waals surface area contributed by atoms with Crippen molar-refractivity contribution in [1.82, 2.24) is 10.2 Å². The van der Waals surface area contributed by atoms with Crippen LogP contribution < -0.4 is 5.32 Å². The van der Waals surface area contributed by atoms with E-state index in [0.29, 0.717) is 50.1 Å². The maximum Gasteiger partial charge on any atom is 0.206 e. The van der Waals surface area contributed by atoms with E-state index in [1.807, 2.05) is 32.0 Å². The number of Topliss-reactive ketones (excluding diaryl/α,β-unsaturated/α-hetero) is 2. The lowest BCUT2D eigenvalue weighted by atomic mass is 9.71. The van der Waals surface area contributed by atoms with Gasteiger partial charge in [-0.15, -0.1) is 0 Å². The fraction of sp³-hybridized carbons (Fsp3) is 0.538. The molecule has 182 valence electrons. The minimum absolute atomic E-state index is 0.0334. The van der Waals surface area contributed by atoms with E-state index >= 15 is 0 Å². The number of phenolic OH excluding ortho intramolecular Hbond substituents is 1. The molecule has 0 bridgehead atoms. The van der Waals surface area contributed by atoms with Crippen LogP contribution >= 0.6 is 0 Å². The summed E-state index contributed by atoms with van der Waals surface area (Å²) in [6.07, 6.45) is 4.36. The van der Waals surface area contributed by atoms with Gasteiger partial charge in [-0.3, -0.25) is 9.59 Å². The number of aromatic hydroxyl groups is 1. The van der Waals surface area contributed by atoms with Crippen LogP contribution in [0.25, 0.3) is 0 Å². The lowest BCUT2D eigenvalue weighted by molar-refractivity contribution is -0.153. The smallest absolute Gasteiger partial charge is 0.206 e. The predicted molar refractivity (Wildman–Crippen MR) is 125 cm³/mol. The molecule has 3 atom stereocenters. The Hall–Kier alpha value is -2.36. The standard InChI is InChI=1S/C26H32N2O6/c1-4-15-5-6-17-22(26(15)33-9-10-34-26)24(31)18-12-14-11-16(29)13-19(27-7-8-28(2)3)20(14)25(32)21(18)23(17)30/h5-6,12,15-16,19,27,29,32H,4,7-11,13H2,1-3H3. The number of allylic oxidation sites excluding steroid dienone is 2. The molecule has 0 amide bonds. The first-order valence-electron chi connectivity index (χ1n) is 12.0. The van der Waals surface area contributed by atoms with Crippen LogP contribution in [0.2, 0.25) is 0 Å². The lowest BCUT2D eigenvalue weighted by Gasteiger charge is -2.40. The van der Waals surface area contributed by atoms with Gasteiger partial charge in [0.25, 0.3) is 0 Å². The second-order valence-electron chi connectivity index (χ2n) is 9.81. The van der Waals surface area contributed by atoms with Gasteiger partial charge in [0.2, 0.25) is 5.79 Å². The largest absolute Gasteiger partial charge is 0.507 e. The summed E-state index contributed by atoms with van der Waals surface area (Å²) in [5.74, 6) is -2.38. The molecule has 0 radical (unpaired) electrons. The molecule has 4 aliphatic rings. The van der Waals surface area contributed by atoms with Crippen molar-refractivity contribution in [3.05, 3.63) is 51.6 Å². The molecule has 3 N–H and O–H groups in total. The first-order chi connectivity index (χ1) is 16.3. The van der Waals surface area contributed by atoms with E-state index in [9.17, 15) is 19.8 Å². The van der Waals surface area contributed by atoms with Crippen molar-refractivity contribution in [3.8, 4) is 5.75 Å². The average Bonchev–Trinajstić information content (AvgIpc) is 3.26. The Kier molecular flexibility index (Phi) is 5.98. The van der Waals surface area contributed by atoms with Gasteiger partial charge in [-0.2, -0.15) is 0 Å². The average molecular weight is 469 g/mol. The normalized spacial score (nSPS) is 27.4. The Bertz CT molecular complexity index is 1100. The van der Waals surface area contributed by atoms with Crippen molar-refractivity contribution in [2.24, 2.45) is 5.92 Å². The van der Waals surface area contributed by atoms with Gasteiger partial charge >= 0.3 is 0 Å². The summed E-state index contributed by atoms with van der Waals surface area (Å²) in [5.41, 5.74) is 1.93. The van der Waals surface area contributed by atoms with Gasteiger partial charge in [-0.05, 0) is 45.0 Å². The number of carbonyl (C=O) groups is 2. The van der Waals surface area contributed by atoms with Crippen molar-refractivity contribution in [2.75, 3.05) is 40.4 Å². The Labute approximate surface area is 199 Å². The van der Waals surface area contributed by atoms with Crippen LogP contribution in [0.1, 0.15) is 57.7 Å². The lowest BCUT2D eigenvalue weighted by Crippen LogP contribution is -2.47. The van der Waals surface area contributed by atoms with E-state index in [4.69, 9.17) is 9.47 Å². The summed E-state index contributed by atoms with van der Waals surface area (Å²) >= 11 is 0. The molecular weight excluding hydrogens is 436 g/mol. The van der Waals surface area contributed by atoms with Crippen LogP contribution in [-0.2, 0) is 15.9 Å². The molecule has 3 unspecified atom stereocenters. The molecule has 0 aromatic heterocycles. The number of ketones is 2. The quantitative estimate of drug-likeness (QED) is 0.602. The fourth-order valence-corrected chi connectivity index (χ4v) is 5.81. The molecular formula is C26H32N2O6. The first-order valence-corrected chi connectivity index (χ1v) is 12.0. The topological polar surface area (TPSA) is 108 Å². The fourth-order valence-electron chi connectivity index (χ4n) is 5.81. The van der Waals surface area contributed by atoms with Crippen LogP contribution in [0.5, 0.6) is 5.75 Å². The van der Waals surface area contributed by atoms with Crippen LogP contribution in [-0.4, -0.2) is 79.0 Å². The number of rotatable bonds is 5. The van der Waals surface area contributed by atoms with Gasteiger partial charge < -0.3 is 29.9 Å². The van der Waals surface area contributed by atoms with Crippen LogP contribution in [0.15, 0.2) is 29.4 Å². The summed E-state index contributed by atoms with van der Waals surface area (Å²) < 4.78 is 12.0. The molecule has 1 aliphatic heterocycles. The molecule has 1 aromatic carbocycles. The van der Waals surface area contributed by atoms with Crippen LogP contribution in [0.4, 0.5) is 0 Å². The van der Waals surface area contributed by atoms with Gasteiger partial charge in [0.05, 0.1) is 30.5 Å². The Morgan fingerprint density at radius 2 is 1.94 bits per heavy atom. The minimum Gasteiger partial charge on any atom is -0.507 e. The highest BCUT2D eigenvalue weighted by molar-refractivity contribution is 6.30. The molecule has 5 rings (SSSR count). The van der Waals surface area contributed by atoms with Crippen molar-refractivity contribution in [2.45, 2.75) is 44.1 Å². The van der Waals surface area contributed by atoms with Crippen molar-refractivity contribution in [3.63, 3.8) is 0 Å². The molecule has 1 spiro atoms. The Morgan fingerprint density at radius 1 is 1.21 bits per heavy atom. The number of hydrogen-bond donors (Lipinski definition) is 3. The summed E-state index contributed by atoms with van der Waals surface area (Å²) in [7, 11) is 3.94. The number of aliphatic hydroxyl groups excluding tert-OH is 1. The molecule has 3 aliphatic carbocycles. The number of nitrogens with one attached hydrogen (secondary N) is 1. The number of ether oxygens (including phenoxy) is 2. The monoisotopic (exact) mass is 468 g/mol. The van der Waals surface area contributed by atoms with E-state index in [1.165, 1.54) is 0 Å². The zero-order valence-corrected chi connectivity index (χ0v) is 19.9. The van der Waals surface area contributed by atoms with Gasteiger partial charge in [0.15, 0.2) is 11.6 Å². The number of fused-ring (bicyclic) bond motifs is 3. The summed E-state index contributed by atoms with van der Waals surface area (Å²) in [5, 5.41) is 25.3. The Morgan fingerprint density at radius 3 is 2.62 bits per heavy atom. The SMILES string of the molecule is CCC1C=CC2=C(C(=O)c3cc4c(c(O)c3C2=O)C(NCCN(C)C)CC(O)C4)C12OCCO2. The van der Waals surface area contributed by atoms with Crippen molar-refractivity contribution in [1.29, 1.82) is 0 Å². The molecule has 1 aromatic rings. The maximum absolute atomic E-state index is 13.9. The molecule has 8 nitrogen and oxygen atoms in total. The number of nitrogens with zero attached hydrogens (tertiary/aromatic N) is 1. The number of benzene rings is 1. The molecule has 1 heterocycles. The van der Waals surface area contributed by atoms with Crippen molar-refractivity contribution < 1.29 is 29.3 Å².